The number of sulfonamides is 2. The summed E-state index contributed by atoms with van der Waals surface area (Å²) in [6, 6.07) is 13.1. The minimum atomic E-state index is -3.91. The van der Waals surface area contributed by atoms with Crippen LogP contribution in [-0.4, -0.2) is 49.6 Å². The van der Waals surface area contributed by atoms with Gasteiger partial charge in [-0.05, 0) is 80.8 Å². The summed E-state index contributed by atoms with van der Waals surface area (Å²) in [5.41, 5.74) is 1.28. The van der Waals surface area contributed by atoms with Gasteiger partial charge in [0.15, 0.2) is 0 Å². The van der Waals surface area contributed by atoms with Gasteiger partial charge in [0.2, 0.25) is 16.0 Å². The Kier molecular flexibility index (Phi) is 7.90. The van der Waals surface area contributed by atoms with Crippen LogP contribution in [0.2, 0.25) is 0 Å². The lowest BCUT2D eigenvalue weighted by Gasteiger charge is -2.34. The van der Waals surface area contributed by atoms with E-state index in [2.05, 4.69) is 20.0 Å². The number of aryl methyl sites for hydroxylation is 1. The molecule has 1 amide bonds. The zero-order chi connectivity index (χ0) is 26.6. The number of rotatable bonds is 8. The first-order chi connectivity index (χ1) is 17.6. The Balaban J connectivity index is 1.43. The summed E-state index contributed by atoms with van der Waals surface area (Å²) in [7, 11) is -7.55. The average Bonchev–Trinajstić information content (AvgIpc) is 2.89. The molecular weight excluding hydrogens is 514 g/mol. The van der Waals surface area contributed by atoms with Gasteiger partial charge >= 0.3 is 0 Å². The van der Waals surface area contributed by atoms with Gasteiger partial charge < -0.3 is 5.32 Å². The molecule has 0 saturated carbocycles. The molecule has 0 aliphatic carbocycles. The fourth-order valence-corrected chi connectivity index (χ4v) is 6.93. The number of hydrogen-bond acceptors (Lipinski definition) is 7. The van der Waals surface area contributed by atoms with E-state index in [1.165, 1.54) is 54.7 Å². The first kappa shape index (κ1) is 26.7. The normalized spacial score (nSPS) is 16.8. The lowest BCUT2D eigenvalue weighted by molar-refractivity contribution is 0.102. The predicted molar refractivity (Wildman–Crippen MR) is 140 cm³/mol. The van der Waals surface area contributed by atoms with Crippen molar-refractivity contribution in [3.8, 4) is 0 Å². The van der Waals surface area contributed by atoms with Crippen LogP contribution in [0.25, 0.3) is 0 Å². The summed E-state index contributed by atoms with van der Waals surface area (Å²) in [4.78, 5) is 20.8. The minimum absolute atomic E-state index is 0.00644. The molecule has 1 fully saturated rings. The smallest absolute Gasteiger partial charge is 0.264 e. The van der Waals surface area contributed by atoms with Crippen LogP contribution in [0.4, 0.5) is 11.6 Å². The molecule has 1 aliphatic rings. The summed E-state index contributed by atoms with van der Waals surface area (Å²) in [6.07, 6.45) is 4.93. The van der Waals surface area contributed by atoms with E-state index in [4.69, 9.17) is 0 Å². The maximum Gasteiger partial charge on any atom is 0.264 e. The molecular formula is C25H29N5O5S2. The molecule has 12 heteroatoms. The van der Waals surface area contributed by atoms with Gasteiger partial charge in [-0.25, -0.2) is 31.5 Å². The van der Waals surface area contributed by atoms with Gasteiger partial charge in [0, 0.05) is 35.7 Å². The van der Waals surface area contributed by atoms with Crippen molar-refractivity contribution in [3.63, 3.8) is 0 Å². The second kappa shape index (κ2) is 11.0. The molecule has 0 unspecified atom stereocenters. The van der Waals surface area contributed by atoms with Crippen LogP contribution in [0.5, 0.6) is 0 Å². The van der Waals surface area contributed by atoms with E-state index in [9.17, 15) is 21.6 Å². The lowest BCUT2D eigenvalue weighted by atomic mass is 10.0. The summed E-state index contributed by atoms with van der Waals surface area (Å²) in [5, 5.41) is 2.69. The third-order valence-corrected chi connectivity index (χ3v) is 9.52. The van der Waals surface area contributed by atoms with Gasteiger partial charge in [0.1, 0.15) is 0 Å². The highest BCUT2D eigenvalue weighted by molar-refractivity contribution is 7.92. The number of carbonyl (C=O) groups excluding carboxylic acids is 1. The van der Waals surface area contributed by atoms with Crippen molar-refractivity contribution in [1.29, 1.82) is 0 Å². The number of piperidine rings is 1. The SMILES string of the molecule is CC[C@@H]1CCCCN1S(=O)(=O)c1ccc(C(=O)Nc2ccc(S(=O)(=O)Nc3nccc(C)n3)cc2)cc1. The quantitative estimate of drug-likeness (QED) is 0.441. The molecule has 0 bridgehead atoms. The zero-order valence-corrected chi connectivity index (χ0v) is 22.2. The third kappa shape index (κ3) is 6.14. The zero-order valence-electron chi connectivity index (χ0n) is 20.6. The Morgan fingerprint density at radius 1 is 0.973 bits per heavy atom. The molecule has 10 nitrogen and oxygen atoms in total. The van der Waals surface area contributed by atoms with Gasteiger partial charge in [-0.2, -0.15) is 4.31 Å². The van der Waals surface area contributed by atoms with E-state index in [1.807, 2.05) is 6.92 Å². The molecule has 3 aromatic rings. The van der Waals surface area contributed by atoms with E-state index >= 15 is 0 Å². The van der Waals surface area contributed by atoms with E-state index < -0.39 is 26.0 Å². The average molecular weight is 544 g/mol. The van der Waals surface area contributed by atoms with E-state index in [0.29, 0.717) is 17.9 Å². The molecule has 1 saturated heterocycles. The highest BCUT2D eigenvalue weighted by Gasteiger charge is 2.32. The summed E-state index contributed by atoms with van der Waals surface area (Å²) in [6.45, 7) is 4.21. The van der Waals surface area contributed by atoms with E-state index in [1.54, 1.807) is 17.3 Å². The van der Waals surface area contributed by atoms with Crippen LogP contribution in [0.3, 0.4) is 0 Å². The molecule has 1 aromatic heterocycles. The lowest BCUT2D eigenvalue weighted by Crippen LogP contribution is -2.43. The molecule has 0 spiro atoms. The number of nitrogens with one attached hydrogen (secondary N) is 2. The number of carbonyl (C=O) groups is 1. The second-order valence-electron chi connectivity index (χ2n) is 8.80. The Bertz CT molecular complexity index is 1470. The monoisotopic (exact) mass is 543 g/mol. The van der Waals surface area contributed by atoms with Crippen LogP contribution >= 0.6 is 0 Å². The van der Waals surface area contributed by atoms with Crippen molar-refractivity contribution >= 4 is 37.6 Å². The Labute approximate surface area is 217 Å². The summed E-state index contributed by atoms with van der Waals surface area (Å²) >= 11 is 0. The Morgan fingerprint density at radius 3 is 2.30 bits per heavy atom. The third-order valence-electron chi connectivity index (χ3n) is 6.21. The summed E-state index contributed by atoms with van der Waals surface area (Å²) in [5.74, 6) is -0.483. The largest absolute Gasteiger partial charge is 0.322 e. The number of anilines is 2. The molecule has 37 heavy (non-hydrogen) atoms. The first-order valence-corrected chi connectivity index (χ1v) is 14.9. The highest BCUT2D eigenvalue weighted by Crippen LogP contribution is 2.27. The Hall–Kier alpha value is -3.35. The van der Waals surface area contributed by atoms with Crippen LogP contribution in [0.15, 0.2) is 70.6 Å². The van der Waals surface area contributed by atoms with Crippen LogP contribution in [0, 0.1) is 6.92 Å². The standard InChI is InChI=1S/C25H29N5O5S2/c1-3-21-6-4-5-17-30(21)37(34,35)23-11-7-19(8-12-23)24(31)28-20-9-13-22(14-10-20)36(32,33)29-25-26-16-15-18(2)27-25/h7-16,21H,3-6,17H2,1-2H3,(H,28,31)(H,26,27,29)/t21-/m1/s1. The molecule has 2 aromatic carbocycles. The number of amides is 1. The van der Waals surface area contributed by atoms with E-state index in [0.717, 1.165) is 25.7 Å². The number of benzene rings is 2. The highest BCUT2D eigenvalue weighted by atomic mass is 32.2. The molecule has 2 N–H and O–H groups in total. The maximum absolute atomic E-state index is 13.1. The first-order valence-electron chi connectivity index (χ1n) is 12.0. The van der Waals surface area contributed by atoms with Crippen molar-refractivity contribution < 1.29 is 21.6 Å². The van der Waals surface area contributed by atoms with Gasteiger partial charge in [0.05, 0.1) is 9.79 Å². The molecule has 4 rings (SSSR count). The van der Waals surface area contributed by atoms with Gasteiger partial charge in [-0.15, -0.1) is 0 Å². The van der Waals surface area contributed by atoms with Crippen LogP contribution in [-0.2, 0) is 20.0 Å². The summed E-state index contributed by atoms with van der Waals surface area (Å²) < 4.78 is 55.4. The van der Waals surface area contributed by atoms with Crippen LogP contribution in [0.1, 0.15) is 48.7 Å². The van der Waals surface area contributed by atoms with Gasteiger partial charge in [-0.3, -0.25) is 4.79 Å². The molecule has 2 heterocycles. The predicted octanol–water partition coefficient (Wildman–Crippen LogP) is 3.79. The van der Waals surface area contributed by atoms with Crippen molar-refractivity contribution in [1.82, 2.24) is 14.3 Å². The van der Waals surface area contributed by atoms with Crippen molar-refractivity contribution in [2.45, 2.75) is 55.4 Å². The molecule has 0 radical (unpaired) electrons. The van der Waals surface area contributed by atoms with Gasteiger partial charge in [0.25, 0.3) is 15.9 Å². The fraction of sp³-hybridized carbons (Fsp3) is 0.320. The molecule has 196 valence electrons. The minimum Gasteiger partial charge on any atom is -0.322 e. The Morgan fingerprint density at radius 2 is 1.65 bits per heavy atom. The van der Waals surface area contributed by atoms with Crippen molar-refractivity contribution in [2.24, 2.45) is 0 Å². The second-order valence-corrected chi connectivity index (χ2v) is 12.4. The fourth-order valence-electron chi connectivity index (χ4n) is 4.21. The van der Waals surface area contributed by atoms with E-state index in [-0.39, 0.29) is 27.3 Å². The number of nitrogens with zero attached hydrogens (tertiary/aromatic N) is 3. The molecule has 1 atom stereocenters. The topological polar surface area (TPSA) is 138 Å². The van der Waals surface area contributed by atoms with Gasteiger partial charge in [-0.1, -0.05) is 13.3 Å². The molecule has 1 aliphatic heterocycles. The number of aromatic nitrogens is 2. The number of hydrogen-bond donors (Lipinski definition) is 2. The maximum atomic E-state index is 13.1. The van der Waals surface area contributed by atoms with Crippen molar-refractivity contribution in [2.75, 3.05) is 16.6 Å². The van der Waals surface area contributed by atoms with Crippen LogP contribution < -0.4 is 10.0 Å². The van der Waals surface area contributed by atoms with Crippen molar-refractivity contribution in [3.05, 3.63) is 72.1 Å².